The molecule has 0 aromatic heterocycles. The maximum absolute atomic E-state index is 12.3. The molecule has 8 heteroatoms. The molecule has 1 amide bonds. The Morgan fingerprint density at radius 3 is 2.23 bits per heavy atom. The first-order valence-electron chi connectivity index (χ1n) is 6.98. The van der Waals surface area contributed by atoms with E-state index in [9.17, 15) is 13.2 Å². The van der Waals surface area contributed by atoms with Gasteiger partial charge in [-0.1, -0.05) is 13.8 Å². The predicted octanol–water partition coefficient (Wildman–Crippen LogP) is 1.02. The van der Waals surface area contributed by atoms with E-state index in [0.29, 0.717) is 25.3 Å². The predicted molar refractivity (Wildman–Crippen MR) is 81.8 cm³/mol. The molecule has 1 aromatic carbocycles. The van der Waals surface area contributed by atoms with Gasteiger partial charge in [-0.05, 0) is 24.3 Å². The highest BCUT2D eigenvalue weighted by molar-refractivity contribution is 7.89. The van der Waals surface area contributed by atoms with E-state index in [1.165, 1.54) is 35.7 Å². The Morgan fingerprint density at radius 1 is 1.14 bits per heavy atom. The minimum atomic E-state index is -3.51. The Labute approximate surface area is 131 Å². The Balaban J connectivity index is 2.76. The molecule has 0 aliphatic carbocycles. The number of carbonyl (C=O) groups is 1. The lowest BCUT2D eigenvalue weighted by Crippen LogP contribution is -2.30. The number of rotatable bonds is 9. The SMILES string of the molecule is CCN(CC)S(=O)(=O)c1ccc(C(=O)NOCCOC)cc1. The minimum Gasteiger partial charge on any atom is -0.382 e. The number of ether oxygens (including phenoxy) is 1. The zero-order valence-electron chi connectivity index (χ0n) is 13.0. The molecule has 7 nitrogen and oxygen atoms in total. The van der Waals surface area contributed by atoms with Crippen molar-refractivity contribution in [2.75, 3.05) is 33.4 Å². The first-order chi connectivity index (χ1) is 10.5. The van der Waals surface area contributed by atoms with Crippen LogP contribution in [0.3, 0.4) is 0 Å². The van der Waals surface area contributed by atoms with Crippen LogP contribution in [-0.4, -0.2) is 52.0 Å². The summed E-state index contributed by atoms with van der Waals surface area (Å²) < 4.78 is 30.7. The van der Waals surface area contributed by atoms with Gasteiger partial charge >= 0.3 is 0 Å². The molecule has 0 atom stereocenters. The summed E-state index contributed by atoms with van der Waals surface area (Å²) >= 11 is 0. The summed E-state index contributed by atoms with van der Waals surface area (Å²) in [5.41, 5.74) is 2.57. The van der Waals surface area contributed by atoms with Gasteiger partial charge in [0.25, 0.3) is 5.91 Å². The van der Waals surface area contributed by atoms with Crippen LogP contribution in [0.15, 0.2) is 29.2 Å². The Hall–Kier alpha value is -1.48. The summed E-state index contributed by atoms with van der Waals surface area (Å²) in [6.07, 6.45) is 0. The monoisotopic (exact) mass is 330 g/mol. The summed E-state index contributed by atoms with van der Waals surface area (Å²) in [5, 5.41) is 0. The summed E-state index contributed by atoms with van der Waals surface area (Å²) in [6, 6.07) is 5.73. The third-order valence-corrected chi connectivity index (χ3v) is 5.08. The maximum atomic E-state index is 12.3. The quantitative estimate of drug-likeness (QED) is 0.540. The molecular weight excluding hydrogens is 308 g/mol. The third-order valence-electron chi connectivity index (χ3n) is 3.01. The fourth-order valence-electron chi connectivity index (χ4n) is 1.79. The van der Waals surface area contributed by atoms with Crippen molar-refractivity contribution < 1.29 is 22.8 Å². The average molecular weight is 330 g/mol. The number of nitrogens with zero attached hydrogens (tertiary/aromatic N) is 1. The normalized spacial score (nSPS) is 11.6. The highest BCUT2D eigenvalue weighted by Crippen LogP contribution is 2.16. The molecule has 1 N–H and O–H groups in total. The average Bonchev–Trinajstić information content (AvgIpc) is 2.52. The van der Waals surface area contributed by atoms with Crippen molar-refractivity contribution >= 4 is 15.9 Å². The fraction of sp³-hybridized carbons (Fsp3) is 0.500. The van der Waals surface area contributed by atoms with Crippen LogP contribution >= 0.6 is 0 Å². The largest absolute Gasteiger partial charge is 0.382 e. The molecule has 0 spiro atoms. The van der Waals surface area contributed by atoms with Gasteiger partial charge in [0.1, 0.15) is 0 Å². The molecular formula is C14H22N2O5S. The van der Waals surface area contributed by atoms with Crippen molar-refractivity contribution in [1.29, 1.82) is 0 Å². The number of hydrogen-bond acceptors (Lipinski definition) is 5. The molecule has 0 saturated heterocycles. The lowest BCUT2D eigenvalue weighted by atomic mass is 10.2. The summed E-state index contributed by atoms with van der Waals surface area (Å²) in [4.78, 5) is 16.8. The number of amides is 1. The van der Waals surface area contributed by atoms with Gasteiger partial charge in [-0.25, -0.2) is 13.9 Å². The second-order valence-electron chi connectivity index (χ2n) is 4.39. The van der Waals surface area contributed by atoms with E-state index >= 15 is 0 Å². The molecule has 22 heavy (non-hydrogen) atoms. The van der Waals surface area contributed by atoms with E-state index in [1.54, 1.807) is 13.8 Å². The van der Waals surface area contributed by atoms with E-state index in [4.69, 9.17) is 9.57 Å². The second-order valence-corrected chi connectivity index (χ2v) is 6.32. The molecule has 0 fully saturated rings. The van der Waals surface area contributed by atoms with Gasteiger partial charge in [0.15, 0.2) is 0 Å². The van der Waals surface area contributed by atoms with E-state index in [1.807, 2.05) is 0 Å². The van der Waals surface area contributed by atoms with Crippen molar-refractivity contribution in [3.8, 4) is 0 Å². The molecule has 0 bridgehead atoms. The van der Waals surface area contributed by atoms with Crippen molar-refractivity contribution in [3.05, 3.63) is 29.8 Å². The van der Waals surface area contributed by atoms with Crippen molar-refractivity contribution in [3.63, 3.8) is 0 Å². The fourth-order valence-corrected chi connectivity index (χ4v) is 3.25. The summed E-state index contributed by atoms with van der Waals surface area (Å²) in [6.45, 7) is 4.95. The Kier molecular flexibility index (Phi) is 7.46. The molecule has 0 aliphatic rings. The van der Waals surface area contributed by atoms with E-state index in [-0.39, 0.29) is 11.5 Å². The van der Waals surface area contributed by atoms with Crippen molar-refractivity contribution in [2.45, 2.75) is 18.7 Å². The number of nitrogens with one attached hydrogen (secondary N) is 1. The topological polar surface area (TPSA) is 84.9 Å². The third kappa shape index (κ3) is 4.77. The van der Waals surface area contributed by atoms with Gasteiger partial charge in [-0.15, -0.1) is 0 Å². The van der Waals surface area contributed by atoms with Crippen LogP contribution in [0.1, 0.15) is 24.2 Å². The second kappa shape index (κ2) is 8.84. The summed E-state index contributed by atoms with van der Waals surface area (Å²) in [5.74, 6) is -0.442. The number of sulfonamides is 1. The minimum absolute atomic E-state index is 0.160. The van der Waals surface area contributed by atoms with Crippen LogP contribution < -0.4 is 5.48 Å². The van der Waals surface area contributed by atoms with Crippen molar-refractivity contribution in [1.82, 2.24) is 9.79 Å². The number of carbonyl (C=O) groups excluding carboxylic acids is 1. The number of hydroxylamine groups is 1. The van der Waals surface area contributed by atoms with Crippen LogP contribution in [-0.2, 0) is 19.6 Å². The highest BCUT2D eigenvalue weighted by Gasteiger charge is 2.21. The highest BCUT2D eigenvalue weighted by atomic mass is 32.2. The van der Waals surface area contributed by atoms with Gasteiger partial charge in [0.2, 0.25) is 10.0 Å². The number of benzene rings is 1. The molecule has 1 rings (SSSR count). The standard InChI is InChI=1S/C14H22N2O5S/c1-4-16(5-2)22(18,19)13-8-6-12(7-9-13)14(17)15-21-11-10-20-3/h6-9H,4-5,10-11H2,1-3H3,(H,15,17). The maximum Gasteiger partial charge on any atom is 0.274 e. The van der Waals surface area contributed by atoms with E-state index in [2.05, 4.69) is 5.48 Å². The van der Waals surface area contributed by atoms with Crippen LogP contribution in [0.5, 0.6) is 0 Å². The lowest BCUT2D eigenvalue weighted by molar-refractivity contribution is 0.00888. The van der Waals surface area contributed by atoms with Gasteiger partial charge < -0.3 is 4.74 Å². The first-order valence-corrected chi connectivity index (χ1v) is 8.42. The van der Waals surface area contributed by atoms with Crippen LogP contribution in [0, 0.1) is 0 Å². The zero-order valence-corrected chi connectivity index (χ0v) is 13.9. The molecule has 0 heterocycles. The van der Waals surface area contributed by atoms with Crippen LogP contribution in [0.4, 0.5) is 0 Å². The molecule has 0 aliphatic heterocycles. The molecule has 0 saturated carbocycles. The zero-order chi connectivity index (χ0) is 16.6. The van der Waals surface area contributed by atoms with Gasteiger partial charge in [-0.3, -0.25) is 9.63 Å². The molecule has 1 aromatic rings. The summed E-state index contributed by atoms with van der Waals surface area (Å²) in [7, 11) is -1.99. The smallest absolute Gasteiger partial charge is 0.274 e. The Bertz CT molecular complexity index is 567. The number of methoxy groups -OCH3 is 1. The van der Waals surface area contributed by atoms with Gasteiger partial charge in [0.05, 0.1) is 18.1 Å². The lowest BCUT2D eigenvalue weighted by Gasteiger charge is -2.18. The molecule has 0 radical (unpaired) electrons. The molecule has 124 valence electrons. The first kappa shape index (κ1) is 18.6. The van der Waals surface area contributed by atoms with Gasteiger partial charge in [0, 0.05) is 25.8 Å². The molecule has 0 unspecified atom stereocenters. The van der Waals surface area contributed by atoms with Crippen LogP contribution in [0.25, 0.3) is 0 Å². The number of hydrogen-bond donors (Lipinski definition) is 1. The van der Waals surface area contributed by atoms with Gasteiger partial charge in [-0.2, -0.15) is 4.31 Å². The van der Waals surface area contributed by atoms with Crippen LogP contribution in [0.2, 0.25) is 0 Å². The van der Waals surface area contributed by atoms with E-state index < -0.39 is 15.9 Å². The van der Waals surface area contributed by atoms with Crippen molar-refractivity contribution in [2.24, 2.45) is 0 Å². The van der Waals surface area contributed by atoms with E-state index in [0.717, 1.165) is 0 Å². The Morgan fingerprint density at radius 2 is 1.73 bits per heavy atom.